The van der Waals surface area contributed by atoms with Crippen LogP contribution >= 0.6 is 0 Å². The van der Waals surface area contributed by atoms with Crippen molar-refractivity contribution in [1.82, 2.24) is 0 Å². The monoisotopic (exact) mass is 252 g/mol. The van der Waals surface area contributed by atoms with E-state index in [2.05, 4.69) is 0 Å². The lowest BCUT2D eigenvalue weighted by Gasteiger charge is -2.32. The minimum absolute atomic E-state index is 0.197. The Bertz CT molecular complexity index is 383. The van der Waals surface area contributed by atoms with E-state index >= 15 is 0 Å². The SMILES string of the molecule is C[C@@H](B1OC(C)(C)C(C)(C)O1)[C@@H](O)c1ccco1. The van der Waals surface area contributed by atoms with E-state index in [9.17, 15) is 5.11 Å². The number of rotatable bonds is 3. The molecule has 0 radical (unpaired) electrons. The maximum atomic E-state index is 10.2. The van der Waals surface area contributed by atoms with Crippen molar-refractivity contribution in [2.45, 2.75) is 57.7 Å². The van der Waals surface area contributed by atoms with Crippen LogP contribution in [0.15, 0.2) is 22.8 Å². The van der Waals surface area contributed by atoms with Gasteiger partial charge in [-0.25, -0.2) is 0 Å². The van der Waals surface area contributed by atoms with Gasteiger partial charge < -0.3 is 18.8 Å². The van der Waals surface area contributed by atoms with Gasteiger partial charge in [0, 0.05) is 5.82 Å². The third kappa shape index (κ3) is 2.22. The smallest absolute Gasteiger partial charge is 0.464 e. The van der Waals surface area contributed by atoms with Crippen LogP contribution in [0.2, 0.25) is 5.82 Å². The summed E-state index contributed by atoms with van der Waals surface area (Å²) in [4.78, 5) is 0. The largest absolute Gasteiger partial charge is 0.467 e. The topological polar surface area (TPSA) is 51.8 Å². The summed E-state index contributed by atoms with van der Waals surface area (Å²) in [7, 11) is -0.435. The van der Waals surface area contributed by atoms with E-state index in [-0.39, 0.29) is 17.0 Å². The molecule has 2 atom stereocenters. The Morgan fingerprint density at radius 3 is 2.17 bits per heavy atom. The summed E-state index contributed by atoms with van der Waals surface area (Å²) in [5.41, 5.74) is -0.760. The summed E-state index contributed by atoms with van der Waals surface area (Å²) < 4.78 is 17.1. The highest BCUT2D eigenvalue weighted by atomic mass is 16.7. The zero-order valence-corrected chi connectivity index (χ0v) is 11.6. The lowest BCUT2D eigenvalue weighted by Crippen LogP contribution is -2.41. The fourth-order valence-electron chi connectivity index (χ4n) is 1.97. The Kier molecular flexibility index (Phi) is 3.34. The Hall–Kier alpha value is -0.775. The Labute approximate surface area is 108 Å². The third-order valence-corrected chi connectivity index (χ3v) is 4.03. The number of aliphatic hydroxyl groups excluding tert-OH is 1. The molecule has 1 aliphatic rings. The van der Waals surface area contributed by atoms with Crippen LogP contribution in [0.5, 0.6) is 0 Å². The van der Waals surface area contributed by atoms with Gasteiger partial charge in [-0.05, 0) is 39.8 Å². The molecule has 1 N–H and O–H groups in total. The van der Waals surface area contributed by atoms with E-state index in [0.29, 0.717) is 5.76 Å². The molecule has 1 fully saturated rings. The predicted octanol–water partition coefficient (Wildman–Crippen LogP) is 2.80. The maximum Gasteiger partial charge on any atom is 0.464 e. The van der Waals surface area contributed by atoms with Crippen molar-refractivity contribution in [3.63, 3.8) is 0 Å². The average Bonchev–Trinajstić information content (AvgIpc) is 2.84. The van der Waals surface area contributed by atoms with Crippen molar-refractivity contribution in [3.8, 4) is 0 Å². The lowest BCUT2D eigenvalue weighted by molar-refractivity contribution is 0.00578. The van der Waals surface area contributed by atoms with E-state index < -0.39 is 13.2 Å². The quantitative estimate of drug-likeness (QED) is 0.840. The molecule has 1 aromatic rings. The third-order valence-electron chi connectivity index (χ3n) is 4.03. The highest BCUT2D eigenvalue weighted by Gasteiger charge is 2.54. The zero-order valence-electron chi connectivity index (χ0n) is 11.6. The molecule has 0 saturated carbocycles. The normalized spacial score (nSPS) is 25.1. The summed E-state index contributed by atoms with van der Waals surface area (Å²) in [6, 6.07) is 3.52. The molecule has 18 heavy (non-hydrogen) atoms. The van der Waals surface area contributed by atoms with Crippen molar-refractivity contribution in [2.24, 2.45) is 0 Å². The van der Waals surface area contributed by atoms with Crippen molar-refractivity contribution >= 4 is 7.12 Å². The van der Waals surface area contributed by atoms with E-state index in [1.165, 1.54) is 0 Å². The fourth-order valence-corrected chi connectivity index (χ4v) is 1.97. The molecular formula is C13H21BO4. The van der Waals surface area contributed by atoms with Crippen molar-refractivity contribution in [1.29, 1.82) is 0 Å². The molecule has 5 heteroatoms. The van der Waals surface area contributed by atoms with Gasteiger partial charge in [0.15, 0.2) is 0 Å². The Morgan fingerprint density at radius 2 is 1.72 bits per heavy atom. The van der Waals surface area contributed by atoms with E-state index in [1.54, 1.807) is 18.4 Å². The van der Waals surface area contributed by atoms with Gasteiger partial charge in [0.25, 0.3) is 0 Å². The van der Waals surface area contributed by atoms with E-state index in [4.69, 9.17) is 13.7 Å². The highest BCUT2D eigenvalue weighted by Crippen LogP contribution is 2.43. The number of furan rings is 1. The van der Waals surface area contributed by atoms with Gasteiger partial charge in [-0.3, -0.25) is 0 Å². The van der Waals surface area contributed by atoms with Gasteiger partial charge in [-0.15, -0.1) is 0 Å². The van der Waals surface area contributed by atoms with Gasteiger partial charge >= 0.3 is 7.12 Å². The summed E-state index contributed by atoms with van der Waals surface area (Å²) >= 11 is 0. The Balaban J connectivity index is 2.10. The van der Waals surface area contributed by atoms with E-state index in [1.807, 2.05) is 34.6 Å². The second kappa shape index (κ2) is 4.40. The molecule has 2 rings (SSSR count). The standard InChI is InChI=1S/C13H21BO4/c1-9(11(15)10-7-6-8-16-10)14-17-12(2,3)13(4,5)18-14/h6-9,11,15H,1-5H3/t9-,11-/m1/s1. The molecule has 1 saturated heterocycles. The van der Waals surface area contributed by atoms with Crippen molar-refractivity contribution in [2.75, 3.05) is 0 Å². The molecule has 4 nitrogen and oxygen atoms in total. The molecule has 0 unspecified atom stereocenters. The van der Waals surface area contributed by atoms with Crippen LogP contribution in [0.3, 0.4) is 0 Å². The summed E-state index contributed by atoms with van der Waals surface area (Å²) in [5, 5.41) is 10.2. The lowest BCUT2D eigenvalue weighted by atomic mass is 9.69. The van der Waals surface area contributed by atoms with Gasteiger partial charge in [0.1, 0.15) is 11.9 Å². The molecular weight excluding hydrogens is 231 g/mol. The van der Waals surface area contributed by atoms with Gasteiger partial charge in [0.05, 0.1) is 17.5 Å². The van der Waals surface area contributed by atoms with Crippen LogP contribution in [0.1, 0.15) is 46.5 Å². The second-order valence-electron chi connectivity index (χ2n) is 5.94. The predicted molar refractivity (Wildman–Crippen MR) is 69.2 cm³/mol. The first-order chi connectivity index (χ1) is 8.24. The van der Waals surface area contributed by atoms with E-state index in [0.717, 1.165) is 0 Å². The van der Waals surface area contributed by atoms with Crippen LogP contribution < -0.4 is 0 Å². The molecule has 0 spiro atoms. The minimum atomic E-state index is -0.727. The van der Waals surface area contributed by atoms with Crippen LogP contribution in [-0.2, 0) is 9.31 Å². The Morgan fingerprint density at radius 1 is 1.17 bits per heavy atom. The van der Waals surface area contributed by atoms with Gasteiger partial charge in [-0.1, -0.05) is 6.92 Å². The fraction of sp³-hybridized carbons (Fsp3) is 0.692. The molecule has 1 aromatic heterocycles. The summed E-state index contributed by atoms with van der Waals surface area (Å²) in [6.45, 7) is 9.89. The molecule has 1 aliphatic heterocycles. The first kappa shape index (κ1) is 13.7. The molecule has 0 bridgehead atoms. The van der Waals surface area contributed by atoms with Crippen molar-refractivity contribution < 1.29 is 18.8 Å². The van der Waals surface area contributed by atoms with Crippen LogP contribution in [-0.4, -0.2) is 23.4 Å². The zero-order chi connectivity index (χ0) is 13.6. The molecule has 0 aliphatic carbocycles. The second-order valence-corrected chi connectivity index (χ2v) is 5.94. The van der Waals surface area contributed by atoms with Gasteiger partial charge in [0.2, 0.25) is 0 Å². The van der Waals surface area contributed by atoms with Crippen LogP contribution in [0.4, 0.5) is 0 Å². The first-order valence-electron chi connectivity index (χ1n) is 6.32. The maximum absolute atomic E-state index is 10.2. The number of aliphatic hydroxyl groups is 1. The number of hydrogen-bond donors (Lipinski definition) is 1. The highest BCUT2D eigenvalue weighted by molar-refractivity contribution is 6.47. The average molecular weight is 252 g/mol. The minimum Gasteiger partial charge on any atom is -0.467 e. The first-order valence-corrected chi connectivity index (χ1v) is 6.32. The van der Waals surface area contributed by atoms with Crippen LogP contribution in [0.25, 0.3) is 0 Å². The van der Waals surface area contributed by atoms with Crippen molar-refractivity contribution in [3.05, 3.63) is 24.2 Å². The summed E-state index contributed by atoms with van der Waals surface area (Å²) in [5.74, 6) is 0.342. The molecule has 0 amide bonds. The summed E-state index contributed by atoms with van der Waals surface area (Å²) in [6.07, 6.45) is 0.824. The molecule has 2 heterocycles. The number of hydrogen-bond acceptors (Lipinski definition) is 4. The van der Waals surface area contributed by atoms with Gasteiger partial charge in [-0.2, -0.15) is 0 Å². The molecule has 100 valence electrons. The van der Waals surface area contributed by atoms with Crippen LogP contribution in [0, 0.1) is 0 Å². The molecule has 0 aromatic carbocycles.